The van der Waals surface area contributed by atoms with Crippen LogP contribution in [0.15, 0.2) is 65.5 Å². The summed E-state index contributed by atoms with van der Waals surface area (Å²) in [6.07, 6.45) is 5.31. The molecule has 0 aliphatic heterocycles. The molecule has 0 N–H and O–H groups in total. The van der Waals surface area contributed by atoms with Crippen molar-refractivity contribution in [3.8, 4) is 12.3 Å². The minimum atomic E-state index is -0.286. The van der Waals surface area contributed by atoms with E-state index in [1.807, 2.05) is 42.5 Å². The van der Waals surface area contributed by atoms with Crippen LogP contribution in [0.3, 0.4) is 0 Å². The molecule has 24 heavy (non-hydrogen) atoms. The summed E-state index contributed by atoms with van der Waals surface area (Å²) in [7, 11) is 1.68. The Labute approximate surface area is 140 Å². The molecular formula is C20H16N2O2. The van der Waals surface area contributed by atoms with E-state index in [9.17, 15) is 9.59 Å². The Bertz CT molecular complexity index is 1010. The van der Waals surface area contributed by atoms with Gasteiger partial charge in [-0.15, -0.1) is 6.42 Å². The van der Waals surface area contributed by atoms with Gasteiger partial charge in [-0.05, 0) is 29.0 Å². The van der Waals surface area contributed by atoms with Gasteiger partial charge >= 0.3 is 0 Å². The Balaban J connectivity index is 2.02. The number of nitrogens with zero attached hydrogens (tertiary/aromatic N) is 2. The van der Waals surface area contributed by atoms with Gasteiger partial charge in [-0.1, -0.05) is 42.3 Å². The van der Waals surface area contributed by atoms with E-state index in [-0.39, 0.29) is 23.7 Å². The number of rotatable bonds is 3. The maximum absolute atomic E-state index is 12.8. The van der Waals surface area contributed by atoms with Gasteiger partial charge in [0.2, 0.25) is 0 Å². The molecule has 3 aromatic rings. The summed E-state index contributed by atoms with van der Waals surface area (Å²) in [6.45, 7) is 0.0618. The molecule has 1 aromatic heterocycles. The number of anilines is 1. The van der Waals surface area contributed by atoms with Crippen molar-refractivity contribution in [1.29, 1.82) is 0 Å². The summed E-state index contributed by atoms with van der Waals surface area (Å²) in [5.74, 6) is 2.14. The van der Waals surface area contributed by atoms with Crippen molar-refractivity contribution >= 4 is 22.4 Å². The predicted molar refractivity (Wildman–Crippen MR) is 96.2 cm³/mol. The van der Waals surface area contributed by atoms with Crippen LogP contribution >= 0.6 is 0 Å². The first-order chi connectivity index (χ1) is 11.6. The zero-order chi connectivity index (χ0) is 17.1. The number of pyridine rings is 1. The molecule has 4 nitrogen and oxygen atoms in total. The summed E-state index contributed by atoms with van der Waals surface area (Å²) in [5.41, 5.74) is 0.740. The molecular weight excluding hydrogens is 300 g/mol. The number of benzene rings is 2. The van der Waals surface area contributed by atoms with Crippen molar-refractivity contribution < 1.29 is 4.79 Å². The lowest BCUT2D eigenvalue weighted by Gasteiger charge is -2.20. The molecule has 1 amide bonds. The van der Waals surface area contributed by atoms with Crippen LogP contribution in [0, 0.1) is 12.3 Å². The van der Waals surface area contributed by atoms with Gasteiger partial charge in [0.25, 0.3) is 11.5 Å². The molecule has 0 saturated carbocycles. The minimum absolute atomic E-state index is 0.0618. The molecule has 0 atom stereocenters. The number of fused-ring (bicyclic) bond motifs is 1. The highest BCUT2D eigenvalue weighted by molar-refractivity contribution is 6.05. The van der Waals surface area contributed by atoms with E-state index in [1.165, 1.54) is 15.5 Å². The maximum Gasteiger partial charge on any atom is 0.274 e. The summed E-state index contributed by atoms with van der Waals surface area (Å²) in [5, 5.41) is 2.15. The fourth-order valence-electron chi connectivity index (χ4n) is 2.64. The number of carbonyl (C=O) groups excluding carboxylic acids is 1. The van der Waals surface area contributed by atoms with Crippen LogP contribution in [-0.4, -0.2) is 17.5 Å². The highest BCUT2D eigenvalue weighted by Crippen LogP contribution is 2.22. The maximum atomic E-state index is 12.8. The molecule has 3 rings (SSSR count). The van der Waals surface area contributed by atoms with E-state index in [0.29, 0.717) is 0 Å². The molecule has 0 saturated heterocycles. The van der Waals surface area contributed by atoms with Gasteiger partial charge in [0.05, 0.1) is 6.54 Å². The number of hydrogen-bond acceptors (Lipinski definition) is 2. The van der Waals surface area contributed by atoms with E-state index < -0.39 is 0 Å². The molecule has 0 bridgehead atoms. The van der Waals surface area contributed by atoms with Crippen molar-refractivity contribution in [2.24, 2.45) is 0 Å². The van der Waals surface area contributed by atoms with Crippen molar-refractivity contribution in [1.82, 2.24) is 4.57 Å². The first-order valence-electron chi connectivity index (χ1n) is 7.52. The lowest BCUT2D eigenvalue weighted by atomic mass is 10.1. The van der Waals surface area contributed by atoms with Crippen molar-refractivity contribution in [2.45, 2.75) is 6.54 Å². The average Bonchev–Trinajstić information content (AvgIpc) is 2.62. The highest BCUT2D eigenvalue weighted by Gasteiger charge is 2.17. The van der Waals surface area contributed by atoms with E-state index in [0.717, 1.165) is 16.5 Å². The summed E-state index contributed by atoms with van der Waals surface area (Å²) in [4.78, 5) is 26.3. The van der Waals surface area contributed by atoms with Gasteiger partial charge in [0.1, 0.15) is 5.69 Å². The predicted octanol–water partition coefficient (Wildman–Crippen LogP) is 2.91. The third-order valence-corrected chi connectivity index (χ3v) is 3.94. The summed E-state index contributed by atoms with van der Waals surface area (Å²) < 4.78 is 1.31. The van der Waals surface area contributed by atoms with Crippen molar-refractivity contribution in [3.05, 3.63) is 76.7 Å². The Kier molecular flexibility index (Phi) is 4.17. The first kappa shape index (κ1) is 15.6. The first-order valence-corrected chi connectivity index (χ1v) is 7.52. The second kappa shape index (κ2) is 6.43. The fraction of sp³-hybridized carbons (Fsp3) is 0.100. The molecule has 4 heteroatoms. The molecule has 118 valence electrons. The Morgan fingerprint density at radius 3 is 2.58 bits per heavy atom. The summed E-state index contributed by atoms with van der Waals surface area (Å²) >= 11 is 0. The van der Waals surface area contributed by atoms with E-state index >= 15 is 0 Å². The van der Waals surface area contributed by atoms with Gasteiger partial charge in [-0.2, -0.15) is 0 Å². The van der Waals surface area contributed by atoms with Crippen LogP contribution in [0.25, 0.3) is 10.8 Å². The quantitative estimate of drug-likeness (QED) is 0.697. The van der Waals surface area contributed by atoms with Gasteiger partial charge in [-0.3, -0.25) is 14.2 Å². The molecule has 0 unspecified atom stereocenters. The zero-order valence-electron chi connectivity index (χ0n) is 13.3. The third-order valence-electron chi connectivity index (χ3n) is 3.94. The van der Waals surface area contributed by atoms with Gasteiger partial charge in [-0.25, -0.2) is 0 Å². The normalized spacial score (nSPS) is 10.3. The van der Waals surface area contributed by atoms with Crippen LogP contribution in [0.4, 0.5) is 5.69 Å². The number of terminal acetylenes is 1. The van der Waals surface area contributed by atoms with Crippen LogP contribution in [0.2, 0.25) is 0 Å². The highest BCUT2D eigenvalue weighted by atomic mass is 16.2. The van der Waals surface area contributed by atoms with E-state index in [4.69, 9.17) is 6.42 Å². The second-order valence-electron chi connectivity index (χ2n) is 5.44. The topological polar surface area (TPSA) is 42.3 Å². The van der Waals surface area contributed by atoms with E-state index in [1.54, 1.807) is 19.2 Å². The van der Waals surface area contributed by atoms with Gasteiger partial charge in [0, 0.05) is 18.8 Å². The second-order valence-corrected chi connectivity index (χ2v) is 5.44. The van der Waals surface area contributed by atoms with Crippen LogP contribution in [0.1, 0.15) is 10.5 Å². The fourth-order valence-corrected chi connectivity index (χ4v) is 2.64. The third kappa shape index (κ3) is 2.80. The number of aromatic nitrogens is 1. The van der Waals surface area contributed by atoms with Gasteiger partial charge in [0.15, 0.2) is 0 Å². The molecule has 1 heterocycles. The smallest absolute Gasteiger partial charge is 0.274 e. The lowest BCUT2D eigenvalue weighted by Crippen LogP contribution is -2.33. The van der Waals surface area contributed by atoms with E-state index in [2.05, 4.69) is 5.92 Å². The molecule has 0 fully saturated rings. The Hall–Kier alpha value is -3.32. The lowest BCUT2D eigenvalue weighted by molar-refractivity contribution is 0.0983. The monoisotopic (exact) mass is 316 g/mol. The van der Waals surface area contributed by atoms with Crippen molar-refractivity contribution in [3.63, 3.8) is 0 Å². The van der Waals surface area contributed by atoms with Crippen molar-refractivity contribution in [2.75, 3.05) is 11.9 Å². The Morgan fingerprint density at radius 1 is 1.08 bits per heavy atom. The van der Waals surface area contributed by atoms with Crippen LogP contribution in [-0.2, 0) is 6.54 Å². The standard InChI is InChI=1S/C20H16N2O2/c1-3-13-22-18(9-6-10-19(22)23)20(24)21(2)17-12-11-15-7-4-5-8-16(15)14-17/h1,4-12,14H,13H2,2H3. The summed E-state index contributed by atoms with van der Waals surface area (Å²) in [6, 6.07) is 18.3. The van der Waals surface area contributed by atoms with Gasteiger partial charge < -0.3 is 4.90 Å². The van der Waals surface area contributed by atoms with Crippen LogP contribution in [0.5, 0.6) is 0 Å². The molecule has 0 aliphatic carbocycles. The largest absolute Gasteiger partial charge is 0.310 e. The molecule has 0 radical (unpaired) electrons. The molecule has 0 spiro atoms. The zero-order valence-corrected chi connectivity index (χ0v) is 13.3. The number of hydrogen-bond donors (Lipinski definition) is 0. The molecule has 0 aliphatic rings. The van der Waals surface area contributed by atoms with Crippen LogP contribution < -0.4 is 10.5 Å². The Morgan fingerprint density at radius 2 is 1.83 bits per heavy atom. The average molecular weight is 316 g/mol. The minimum Gasteiger partial charge on any atom is -0.310 e. The molecule has 2 aromatic carbocycles. The number of amides is 1. The number of carbonyl (C=O) groups is 1. The SMILES string of the molecule is C#CCn1c(C(=O)N(C)c2ccc3ccccc3c2)cccc1=O.